The average molecular weight is 479 g/mol. The molecule has 5 aromatic rings. The van der Waals surface area contributed by atoms with Crippen LogP contribution >= 0.6 is 0 Å². The zero-order valence-corrected chi connectivity index (χ0v) is 23.1. The van der Waals surface area contributed by atoms with E-state index in [1.54, 1.807) is 0 Å². The number of fused-ring (bicyclic) bond motifs is 3. The van der Waals surface area contributed by atoms with Gasteiger partial charge in [0.1, 0.15) is 5.52 Å². The largest absolute Gasteiger partial charge is 0.295 e. The minimum atomic E-state index is -2.23. The van der Waals surface area contributed by atoms with Gasteiger partial charge in [-0.25, -0.2) is 4.57 Å². The molecule has 1 aliphatic heterocycles. The van der Waals surface area contributed by atoms with Gasteiger partial charge in [0.25, 0.3) is 5.65 Å². The molecule has 0 unspecified atom stereocenters. The van der Waals surface area contributed by atoms with Crippen LogP contribution < -0.4 is 4.57 Å². The topological polar surface area (TPSA) is 8.29 Å². The van der Waals surface area contributed by atoms with Crippen LogP contribution in [-0.2, 0) is 23.3 Å². The number of hydrogen-bond donors (Lipinski definition) is 0. The van der Waals surface area contributed by atoms with Crippen LogP contribution in [0.15, 0.2) is 54.6 Å². The van der Waals surface area contributed by atoms with Gasteiger partial charge < -0.3 is 0 Å². The van der Waals surface area contributed by atoms with Crippen molar-refractivity contribution in [3.05, 3.63) is 82.5 Å². The summed E-state index contributed by atoms with van der Waals surface area (Å²) in [6, 6.07) is 19.0. The van der Waals surface area contributed by atoms with Gasteiger partial charge in [-0.05, 0) is 35.9 Å². The van der Waals surface area contributed by atoms with Crippen molar-refractivity contribution >= 4 is 27.3 Å². The van der Waals surface area contributed by atoms with Gasteiger partial charge in [0, 0.05) is 36.8 Å². The van der Waals surface area contributed by atoms with Gasteiger partial charge in [-0.2, -0.15) is 4.40 Å². The molecule has 0 aliphatic carbocycles. The standard InChI is InChI=1S/C34H39N2/c1-20-16-18-25-29-26(20)23-17-19-24(32(3,4)5)21(2)27(23)31-35(10)28(22-14-12-11-13-15-22)30(36(29)31)34(8,9)33(25,6)7/h11-19H,1-10H3/q+1/i1D3. The molecule has 0 saturated carbocycles. The summed E-state index contributed by atoms with van der Waals surface area (Å²) in [5, 5.41) is 3.02. The lowest BCUT2D eigenvalue weighted by atomic mass is 9.60. The number of rotatable bonds is 1. The Balaban J connectivity index is 2.04. The van der Waals surface area contributed by atoms with Crippen molar-refractivity contribution in [2.75, 3.05) is 0 Å². The van der Waals surface area contributed by atoms with Gasteiger partial charge >= 0.3 is 0 Å². The molecule has 0 atom stereocenters. The molecule has 2 aromatic heterocycles. The van der Waals surface area contributed by atoms with E-state index in [-0.39, 0.29) is 16.2 Å². The Labute approximate surface area is 219 Å². The second-order valence-corrected chi connectivity index (χ2v) is 12.8. The van der Waals surface area contributed by atoms with Crippen molar-refractivity contribution in [1.82, 2.24) is 4.40 Å². The Bertz CT molecular complexity index is 1830. The number of aryl methyl sites for hydroxylation is 3. The van der Waals surface area contributed by atoms with E-state index in [2.05, 4.69) is 120 Å². The Morgan fingerprint density at radius 2 is 1.56 bits per heavy atom. The first kappa shape index (κ1) is 20.0. The molecule has 0 bridgehead atoms. The second-order valence-electron chi connectivity index (χ2n) is 12.8. The van der Waals surface area contributed by atoms with E-state index >= 15 is 0 Å². The minimum Gasteiger partial charge on any atom is -0.225 e. The fourth-order valence-electron chi connectivity index (χ4n) is 6.88. The third kappa shape index (κ3) is 2.65. The average Bonchev–Trinajstić information content (AvgIpc) is 3.15. The summed E-state index contributed by atoms with van der Waals surface area (Å²) in [6.07, 6.45) is 0. The fourth-order valence-corrected chi connectivity index (χ4v) is 6.88. The molecular weight excluding hydrogens is 436 g/mol. The van der Waals surface area contributed by atoms with Crippen molar-refractivity contribution in [3.8, 4) is 11.3 Å². The van der Waals surface area contributed by atoms with Crippen molar-refractivity contribution in [1.29, 1.82) is 0 Å². The van der Waals surface area contributed by atoms with E-state index in [9.17, 15) is 0 Å². The maximum Gasteiger partial charge on any atom is 0.295 e. The van der Waals surface area contributed by atoms with Crippen molar-refractivity contribution < 1.29 is 8.68 Å². The quantitative estimate of drug-likeness (QED) is 0.169. The van der Waals surface area contributed by atoms with Crippen LogP contribution in [0.1, 0.15) is 80.5 Å². The van der Waals surface area contributed by atoms with Crippen LogP contribution in [0.4, 0.5) is 0 Å². The number of imidazole rings is 1. The summed E-state index contributed by atoms with van der Waals surface area (Å²) < 4.78 is 30.4. The van der Waals surface area contributed by atoms with E-state index in [1.807, 2.05) is 6.07 Å². The molecular formula is C34H39N2+. The van der Waals surface area contributed by atoms with E-state index < -0.39 is 6.85 Å². The molecule has 1 aliphatic rings. The first-order valence-corrected chi connectivity index (χ1v) is 13.0. The van der Waals surface area contributed by atoms with E-state index in [1.165, 1.54) is 33.6 Å². The molecule has 0 N–H and O–H groups in total. The fraction of sp³-hybridized carbons (Fsp3) is 0.382. The first-order valence-electron chi connectivity index (χ1n) is 14.5. The SMILES string of the molecule is [2H]C([2H])([2H])c1ccc2c3c1c1ccc(C(C)(C)C)c(C)c1c1n3c(c(-c3ccccc3)[n+]1C)C(C)(C)C2(C)C. The molecule has 2 nitrogen and oxygen atoms in total. The molecule has 36 heavy (non-hydrogen) atoms. The molecule has 2 heteroatoms. The van der Waals surface area contributed by atoms with E-state index in [0.29, 0.717) is 5.56 Å². The van der Waals surface area contributed by atoms with Gasteiger partial charge in [-0.15, -0.1) is 0 Å². The number of nitrogens with zero attached hydrogens (tertiary/aromatic N) is 2. The summed E-state index contributed by atoms with van der Waals surface area (Å²) in [5.41, 5.74) is 9.33. The maximum atomic E-state index is 8.55. The monoisotopic (exact) mass is 478 g/mol. The van der Waals surface area contributed by atoms with Crippen molar-refractivity contribution in [2.45, 2.75) is 78.5 Å². The Morgan fingerprint density at radius 1 is 0.861 bits per heavy atom. The first-order chi connectivity index (χ1) is 18.0. The van der Waals surface area contributed by atoms with E-state index in [4.69, 9.17) is 4.11 Å². The summed E-state index contributed by atoms with van der Waals surface area (Å²) in [5.74, 6) is 0. The van der Waals surface area contributed by atoms with Crippen LogP contribution in [0.3, 0.4) is 0 Å². The van der Waals surface area contributed by atoms with Crippen LogP contribution in [0.25, 0.3) is 38.6 Å². The highest BCUT2D eigenvalue weighted by molar-refractivity contribution is 6.15. The predicted molar refractivity (Wildman–Crippen MR) is 153 cm³/mol. The Kier molecular flexibility index (Phi) is 3.89. The highest BCUT2D eigenvalue weighted by Gasteiger charge is 2.52. The summed E-state index contributed by atoms with van der Waals surface area (Å²) >= 11 is 0. The van der Waals surface area contributed by atoms with Crippen molar-refractivity contribution in [2.24, 2.45) is 7.05 Å². The van der Waals surface area contributed by atoms with Crippen LogP contribution in [0.2, 0.25) is 0 Å². The van der Waals surface area contributed by atoms with Crippen LogP contribution in [0, 0.1) is 13.8 Å². The molecule has 0 spiro atoms. The lowest BCUT2D eigenvalue weighted by molar-refractivity contribution is -0.632. The smallest absolute Gasteiger partial charge is 0.225 e. The lowest BCUT2D eigenvalue weighted by Crippen LogP contribution is -2.44. The zero-order chi connectivity index (χ0) is 28.4. The molecule has 0 fully saturated rings. The number of aromatic nitrogens is 2. The normalized spacial score (nSPS) is 18.1. The van der Waals surface area contributed by atoms with Crippen molar-refractivity contribution in [3.63, 3.8) is 0 Å². The Morgan fingerprint density at radius 3 is 2.19 bits per heavy atom. The molecule has 3 aromatic carbocycles. The molecule has 0 amide bonds. The predicted octanol–water partition coefficient (Wildman–Crippen LogP) is 8.22. The van der Waals surface area contributed by atoms with Gasteiger partial charge in [-0.1, -0.05) is 103 Å². The molecule has 0 saturated heterocycles. The molecule has 184 valence electrons. The molecule has 6 rings (SSSR count). The third-order valence-corrected chi connectivity index (χ3v) is 9.36. The van der Waals surface area contributed by atoms with Gasteiger partial charge in [0.05, 0.1) is 12.4 Å². The highest BCUT2D eigenvalue weighted by atomic mass is 15.1. The van der Waals surface area contributed by atoms with E-state index in [0.717, 1.165) is 27.3 Å². The van der Waals surface area contributed by atoms with Gasteiger partial charge in [0.2, 0.25) is 0 Å². The number of benzene rings is 3. The zero-order valence-electron chi connectivity index (χ0n) is 26.1. The van der Waals surface area contributed by atoms with Gasteiger partial charge in [-0.3, -0.25) is 0 Å². The molecule has 3 heterocycles. The summed E-state index contributed by atoms with van der Waals surface area (Å²) in [6.45, 7) is 16.0. The second kappa shape index (κ2) is 7.00. The Hall–Kier alpha value is -3.13. The number of hydrogen-bond acceptors (Lipinski definition) is 0. The maximum absolute atomic E-state index is 8.55. The minimum absolute atomic E-state index is 0.0481. The van der Waals surface area contributed by atoms with Crippen LogP contribution in [-0.4, -0.2) is 4.40 Å². The highest BCUT2D eigenvalue weighted by Crippen LogP contribution is 2.54. The van der Waals surface area contributed by atoms with Crippen LogP contribution in [0.5, 0.6) is 0 Å². The summed E-state index contributed by atoms with van der Waals surface area (Å²) in [7, 11) is 2.18. The summed E-state index contributed by atoms with van der Waals surface area (Å²) in [4.78, 5) is 0. The number of pyridine rings is 1. The molecule has 0 radical (unpaired) electrons. The third-order valence-electron chi connectivity index (χ3n) is 9.36. The van der Waals surface area contributed by atoms with Gasteiger partial charge in [0.15, 0.2) is 11.4 Å². The lowest BCUT2D eigenvalue weighted by Gasteiger charge is -2.43.